The Balaban J connectivity index is 0.000000523. The first kappa shape index (κ1) is 108. The van der Waals surface area contributed by atoms with Gasteiger partial charge in [0.2, 0.25) is 5.91 Å². The topological polar surface area (TPSA) is 438 Å². The highest BCUT2D eigenvalue weighted by Gasteiger charge is 2.35. The molecule has 0 atom stereocenters. The molecule has 6 heterocycles. The Morgan fingerprint density at radius 3 is 1.00 bits per heavy atom. The smallest absolute Gasteiger partial charge is 0.335 e. The van der Waals surface area contributed by atoms with Crippen LogP contribution < -0.4 is 16.4 Å². The molecule has 6 aliphatic rings. The van der Waals surface area contributed by atoms with Crippen molar-refractivity contribution < 1.29 is 111 Å². The fraction of sp³-hybridized carbons (Fsp3) is 0.771. The molecule has 0 bridgehead atoms. The molecular formula is C83H144N14O23. The molecule has 7 amide bonds. The standard InChI is InChI=1S/C22H44N4O4.C21H33N5O7.C18H35N3O4.C11H10N2O6.C11H22O2/c1-21(2,3)29-19(27)17-25-13-11-24(10-8-7-9-23)12-14-26(16-15-25)18-20(28)30-22(4,5)6;27-17(5-8-26-18(28)3-4-19(26)29)22-6-1-2-7-23-9-11-24(15-20(30)31)13-14-25(12-10-23)16-21(32)33;1-17(2,3)24-15(22)13-20-9-7-19-8-10-21(12-11-20)14-16(23)25-18(4,5)6;14-7-1-2-8(15)12(7)6-5-11(18)19-13-9(16)3-4-10(13)17;1-5-6-7-8-9-10(12)13-11(2,3)4/h7-18,23H2,1-6H3;3-4H,1-2,5-16H2,(H,22,27)(H,30,31)(H,32,33);19H,7-14H2,1-6H3;1-2H,3-6H2;5-9H2,1-4H3. The summed E-state index contributed by atoms with van der Waals surface area (Å²) in [5, 5.41) is 24.8. The maximum absolute atomic E-state index is 12.3. The highest BCUT2D eigenvalue weighted by molar-refractivity contribution is 6.13. The number of hydrogen-bond donors (Lipinski definition) is 5. The summed E-state index contributed by atoms with van der Waals surface area (Å²) in [7, 11) is 0. The van der Waals surface area contributed by atoms with Crippen molar-refractivity contribution in [1.29, 1.82) is 0 Å². The normalized spacial score (nSPS) is 17.9. The maximum atomic E-state index is 12.3. The summed E-state index contributed by atoms with van der Waals surface area (Å²) in [5.41, 5.74) is 3.38. The SMILES string of the molecule is CC(C)(C)OC(=O)CN1CCN(CCCCN)CCN(CC(=O)OC(C)(C)C)CC1.CC(C)(C)OC(=O)CN1CCNCCN(CC(=O)OC(C)(C)C)CC1.CCCCCCC(=O)OC(C)(C)C.O=C(CCN1C(=O)C=CC1=O)ON1C(=O)CCC1=O.O=C(O)CN1CCN(CCCCNC(=O)CCN2C(=O)C=CC2=O)CCN(CC(=O)O)CC1. The molecule has 37 heteroatoms. The van der Waals surface area contributed by atoms with Crippen molar-refractivity contribution in [2.75, 3.05) is 196 Å². The second-order valence-electron chi connectivity index (χ2n) is 35.0. The largest absolute Gasteiger partial charge is 0.480 e. The molecule has 4 fully saturated rings. The molecule has 0 saturated carbocycles. The quantitative estimate of drug-likeness (QED) is 0.0273. The molecule has 6 rings (SSSR count). The summed E-state index contributed by atoms with van der Waals surface area (Å²) in [6.07, 6.45) is 13.1. The highest BCUT2D eigenvalue weighted by Crippen LogP contribution is 2.18. The van der Waals surface area contributed by atoms with Crippen molar-refractivity contribution in [3.63, 3.8) is 0 Å². The molecule has 6 N–H and O–H groups in total. The number of nitrogens with two attached hydrogens (primary N) is 1. The van der Waals surface area contributed by atoms with Crippen LogP contribution in [0.1, 0.15) is 194 Å². The number of amides is 7. The predicted molar refractivity (Wildman–Crippen MR) is 446 cm³/mol. The zero-order chi connectivity index (χ0) is 90.4. The van der Waals surface area contributed by atoms with E-state index < -0.39 is 75.8 Å². The van der Waals surface area contributed by atoms with Gasteiger partial charge in [0, 0.05) is 187 Å². The summed E-state index contributed by atoms with van der Waals surface area (Å²) in [5.74, 6) is -6.79. The first-order chi connectivity index (χ1) is 56.0. The van der Waals surface area contributed by atoms with Crippen molar-refractivity contribution >= 4 is 89.1 Å². The van der Waals surface area contributed by atoms with Crippen LogP contribution in [0.15, 0.2) is 24.3 Å². The van der Waals surface area contributed by atoms with Gasteiger partial charge in [-0.25, -0.2) is 4.79 Å². The van der Waals surface area contributed by atoms with Gasteiger partial charge in [-0.3, -0.25) is 106 Å². The first-order valence-corrected chi connectivity index (χ1v) is 42.1. The van der Waals surface area contributed by atoms with Gasteiger partial charge in [0.1, 0.15) is 28.0 Å². The van der Waals surface area contributed by atoms with Gasteiger partial charge in [0.05, 0.1) is 45.7 Å². The van der Waals surface area contributed by atoms with E-state index in [1.165, 1.54) is 25.0 Å². The van der Waals surface area contributed by atoms with Crippen molar-refractivity contribution in [1.82, 2.24) is 64.7 Å². The number of ether oxygens (including phenoxy) is 5. The summed E-state index contributed by atoms with van der Waals surface area (Å²) in [6.45, 7) is 47.0. The number of carboxylic acids is 2. The number of nitrogens with zero attached hydrogens (tertiary/aromatic N) is 11. The van der Waals surface area contributed by atoms with Gasteiger partial charge in [-0.15, -0.1) is 5.06 Å². The lowest BCUT2D eigenvalue weighted by molar-refractivity contribution is -0.197. The number of unbranched alkanes of at least 4 members (excludes halogenated alkanes) is 5. The Labute approximate surface area is 710 Å². The van der Waals surface area contributed by atoms with Crippen molar-refractivity contribution in [3.05, 3.63) is 24.3 Å². The minimum Gasteiger partial charge on any atom is -0.480 e. The van der Waals surface area contributed by atoms with Gasteiger partial charge < -0.3 is 64.9 Å². The van der Waals surface area contributed by atoms with E-state index in [9.17, 15) is 71.9 Å². The van der Waals surface area contributed by atoms with Gasteiger partial charge in [-0.05, 0) is 156 Å². The molecule has 37 nitrogen and oxygen atoms in total. The van der Waals surface area contributed by atoms with E-state index >= 15 is 0 Å². The number of esters is 5. The molecule has 0 radical (unpaired) electrons. The van der Waals surface area contributed by atoms with Gasteiger partial charge in [-0.2, -0.15) is 0 Å². The lowest BCUT2D eigenvalue weighted by atomic mass is 10.1. The minimum atomic E-state index is -0.906. The van der Waals surface area contributed by atoms with Gasteiger partial charge in [0.15, 0.2) is 0 Å². The second-order valence-corrected chi connectivity index (χ2v) is 35.0. The molecule has 0 aromatic heterocycles. The Morgan fingerprint density at radius 2 is 0.675 bits per heavy atom. The molecule has 0 aliphatic carbocycles. The van der Waals surface area contributed by atoms with Crippen molar-refractivity contribution in [2.24, 2.45) is 5.73 Å². The van der Waals surface area contributed by atoms with Crippen LogP contribution in [0.25, 0.3) is 0 Å². The van der Waals surface area contributed by atoms with Gasteiger partial charge in [-0.1, -0.05) is 26.2 Å². The number of carbonyl (C=O) groups is 15. The van der Waals surface area contributed by atoms with Crippen LogP contribution in [-0.2, 0) is 100 Å². The van der Waals surface area contributed by atoms with Crippen molar-refractivity contribution in [3.8, 4) is 0 Å². The molecule has 120 heavy (non-hydrogen) atoms. The summed E-state index contributed by atoms with van der Waals surface area (Å²) in [4.78, 5) is 196. The monoisotopic (exact) mass is 1710 g/mol. The van der Waals surface area contributed by atoms with Crippen LogP contribution in [0.5, 0.6) is 0 Å². The number of carbonyl (C=O) groups excluding carboxylic acids is 13. The van der Waals surface area contributed by atoms with E-state index in [1.807, 2.05) is 114 Å². The van der Waals surface area contributed by atoms with E-state index in [0.717, 1.165) is 126 Å². The zero-order valence-corrected chi connectivity index (χ0v) is 74.7. The Morgan fingerprint density at radius 1 is 0.367 bits per heavy atom. The second kappa shape index (κ2) is 55.7. The number of nitrogens with one attached hydrogen (secondary N) is 2. The van der Waals surface area contributed by atoms with E-state index in [4.69, 9.17) is 39.6 Å². The third kappa shape index (κ3) is 53.5. The third-order valence-corrected chi connectivity index (χ3v) is 18.1. The van der Waals surface area contributed by atoms with Crippen LogP contribution in [0.3, 0.4) is 0 Å². The molecule has 684 valence electrons. The Bertz CT molecular complexity index is 3180. The molecule has 0 unspecified atom stereocenters. The lowest BCUT2D eigenvalue weighted by Crippen LogP contribution is -2.42. The van der Waals surface area contributed by atoms with Gasteiger partial charge in [0.25, 0.3) is 35.4 Å². The lowest BCUT2D eigenvalue weighted by Gasteiger charge is -2.27. The number of aliphatic carboxylic acids is 2. The summed E-state index contributed by atoms with van der Waals surface area (Å²) >= 11 is 0. The third-order valence-electron chi connectivity index (χ3n) is 18.1. The molecule has 6 aliphatic heterocycles. The zero-order valence-electron chi connectivity index (χ0n) is 74.7. The van der Waals surface area contributed by atoms with E-state index in [1.54, 1.807) is 0 Å². The highest BCUT2D eigenvalue weighted by atomic mass is 16.7. The van der Waals surface area contributed by atoms with E-state index in [-0.39, 0.29) is 119 Å². The number of imide groups is 3. The van der Waals surface area contributed by atoms with Crippen molar-refractivity contribution in [2.45, 2.75) is 222 Å². The average Bonchev–Trinajstić information content (AvgIpc) is 1.72. The molecule has 0 aromatic rings. The van der Waals surface area contributed by atoms with Crippen LogP contribution >= 0.6 is 0 Å². The van der Waals surface area contributed by atoms with E-state index in [0.29, 0.717) is 90.0 Å². The predicted octanol–water partition coefficient (Wildman–Crippen LogP) is 2.70. The minimum absolute atomic E-state index is 0.0130. The van der Waals surface area contributed by atoms with E-state index in [2.05, 4.69) is 51.8 Å². The Hall–Kier alpha value is -8.27. The van der Waals surface area contributed by atoms with Crippen LogP contribution in [-0.4, -0.2) is 378 Å². The van der Waals surface area contributed by atoms with Crippen LogP contribution in [0.2, 0.25) is 0 Å². The number of hydrogen-bond acceptors (Lipinski definition) is 31. The number of carboxylic acid groups (broad SMARTS) is 2. The van der Waals surface area contributed by atoms with Crippen LogP contribution in [0.4, 0.5) is 0 Å². The molecule has 0 aromatic carbocycles. The fourth-order valence-corrected chi connectivity index (χ4v) is 12.3. The van der Waals surface area contributed by atoms with Gasteiger partial charge >= 0.3 is 47.8 Å². The fourth-order valence-electron chi connectivity index (χ4n) is 12.3. The summed E-state index contributed by atoms with van der Waals surface area (Å²) in [6, 6.07) is 0. The van der Waals surface area contributed by atoms with Crippen LogP contribution in [0, 0.1) is 0 Å². The summed E-state index contributed by atoms with van der Waals surface area (Å²) < 4.78 is 27.0. The molecular weight excluding hydrogens is 1560 g/mol. The average molecular weight is 1710 g/mol. The molecule has 4 saturated heterocycles. The number of rotatable bonds is 33. The first-order valence-electron chi connectivity index (χ1n) is 42.1. The Kier molecular flexibility index (Phi) is 50.0. The number of hydroxylamine groups is 2. The maximum Gasteiger partial charge on any atom is 0.335 e. The molecule has 0 spiro atoms.